The average molecular weight is 658 g/mol. The normalized spacial score (nSPS) is 26.2. The molecule has 2 bridgehead atoms. The van der Waals surface area contributed by atoms with Gasteiger partial charge in [-0.1, -0.05) is 55.0 Å². The van der Waals surface area contributed by atoms with E-state index < -0.39 is 16.8 Å². The van der Waals surface area contributed by atoms with Crippen LogP contribution in [0.1, 0.15) is 62.0 Å². The molecule has 0 unspecified atom stereocenters. The number of phenolic OH excluding ortho intramolecular Hbond substituents is 1. The molecule has 1 N–H and O–H groups in total. The maximum atomic E-state index is 14.6. The summed E-state index contributed by atoms with van der Waals surface area (Å²) in [6.07, 6.45) is 3.18. The summed E-state index contributed by atoms with van der Waals surface area (Å²) in [7, 11) is 0. The van der Waals surface area contributed by atoms with Gasteiger partial charge in [0.05, 0.1) is 22.2 Å². The van der Waals surface area contributed by atoms with E-state index in [2.05, 4.69) is 0 Å². The number of hydrogen-bond acceptors (Lipinski definition) is 5. The quantitative estimate of drug-likeness (QED) is 0.136. The van der Waals surface area contributed by atoms with Crippen molar-refractivity contribution in [1.82, 2.24) is 0 Å². The molecule has 0 saturated heterocycles. The van der Waals surface area contributed by atoms with Crippen molar-refractivity contribution in [3.8, 4) is 11.5 Å². The maximum Gasteiger partial charge on any atom is 0.308 e. The Bertz CT molecular complexity index is 1970. The van der Waals surface area contributed by atoms with E-state index in [0.29, 0.717) is 43.4 Å². The fourth-order valence-corrected chi connectivity index (χ4v) is 9.67. The molecule has 0 aromatic heterocycles. The second-order valence-corrected chi connectivity index (χ2v) is 14.2. The number of amides is 2. The van der Waals surface area contributed by atoms with Crippen molar-refractivity contribution in [2.75, 3.05) is 34.6 Å². The van der Waals surface area contributed by atoms with Crippen LogP contribution in [0.3, 0.4) is 0 Å². The van der Waals surface area contributed by atoms with Gasteiger partial charge in [0, 0.05) is 66.5 Å². The van der Waals surface area contributed by atoms with Gasteiger partial charge in [-0.15, -0.1) is 23.2 Å². The van der Waals surface area contributed by atoms with Gasteiger partial charge in [-0.25, -0.2) is 0 Å². The number of ether oxygens (including phenoxy) is 1. The van der Waals surface area contributed by atoms with Crippen LogP contribution >= 0.6 is 23.2 Å². The van der Waals surface area contributed by atoms with Crippen LogP contribution < -0.4 is 14.5 Å². The van der Waals surface area contributed by atoms with Gasteiger partial charge in [0.1, 0.15) is 11.5 Å². The van der Waals surface area contributed by atoms with Crippen LogP contribution in [0.4, 0.5) is 11.4 Å². The summed E-state index contributed by atoms with van der Waals surface area (Å²) >= 11 is 13.0. The number of carbonyl (C=O) groups excluding carboxylic acids is 3. The average Bonchev–Trinajstić information content (AvgIpc) is 3.62. The van der Waals surface area contributed by atoms with E-state index in [9.17, 15) is 19.5 Å². The molecule has 9 rings (SSSR count). The lowest BCUT2D eigenvalue weighted by molar-refractivity contribution is -0.165. The second kappa shape index (κ2) is 10.6. The molecule has 2 heterocycles. The zero-order valence-electron chi connectivity index (χ0n) is 25.5. The molecular weight excluding hydrogens is 623 g/mol. The second-order valence-electron chi connectivity index (χ2n) is 13.6. The first-order valence-corrected chi connectivity index (χ1v) is 17.0. The molecule has 5 aliphatic rings. The Labute approximate surface area is 277 Å². The summed E-state index contributed by atoms with van der Waals surface area (Å²) in [5.74, 6) is 0.758. The summed E-state index contributed by atoms with van der Waals surface area (Å²) in [5.41, 5.74) is 2.15. The number of fused-ring (bicyclic) bond motifs is 8. The molecule has 4 aromatic carbocycles. The number of alkyl halides is 2. The SMILES string of the molecule is CC(=O)Oc1cc2c(c3ccccc13)[C@H](CCl)CN2C(=O)C12CCCC(C(=O)N3C[C@@H](CCl)c4c3cc(O)c3ccccc43)(C1)C2. The third kappa shape index (κ3) is 4.13. The monoisotopic (exact) mass is 656 g/mol. The maximum absolute atomic E-state index is 14.6. The van der Waals surface area contributed by atoms with Gasteiger partial charge in [0.15, 0.2) is 0 Å². The Morgan fingerprint density at radius 1 is 0.783 bits per heavy atom. The zero-order valence-corrected chi connectivity index (χ0v) is 27.0. The predicted octanol–water partition coefficient (Wildman–Crippen LogP) is 7.61. The van der Waals surface area contributed by atoms with Gasteiger partial charge in [-0.3, -0.25) is 14.4 Å². The fourth-order valence-electron chi connectivity index (χ4n) is 9.17. The number of esters is 1. The molecule has 2 amide bonds. The van der Waals surface area contributed by atoms with Crippen LogP contribution in [-0.4, -0.2) is 47.7 Å². The summed E-state index contributed by atoms with van der Waals surface area (Å²) in [6, 6.07) is 19.0. The Morgan fingerprint density at radius 2 is 1.26 bits per heavy atom. The van der Waals surface area contributed by atoms with Gasteiger partial charge in [0.25, 0.3) is 0 Å². The molecule has 3 saturated carbocycles. The molecule has 2 aliphatic heterocycles. The van der Waals surface area contributed by atoms with Crippen LogP contribution in [0, 0.1) is 10.8 Å². The summed E-state index contributed by atoms with van der Waals surface area (Å²) < 4.78 is 5.63. The largest absolute Gasteiger partial charge is 0.507 e. The molecule has 3 aliphatic carbocycles. The predicted molar refractivity (Wildman–Crippen MR) is 180 cm³/mol. The van der Waals surface area contributed by atoms with E-state index in [4.69, 9.17) is 27.9 Å². The van der Waals surface area contributed by atoms with Gasteiger partial charge in [0.2, 0.25) is 11.8 Å². The number of hydrogen-bond donors (Lipinski definition) is 1. The van der Waals surface area contributed by atoms with Crippen molar-refractivity contribution in [3.63, 3.8) is 0 Å². The Hall–Kier alpha value is -3.81. The summed E-state index contributed by atoms with van der Waals surface area (Å²) in [5, 5.41) is 14.3. The highest BCUT2D eigenvalue weighted by atomic mass is 35.5. The minimum Gasteiger partial charge on any atom is -0.507 e. The highest BCUT2D eigenvalue weighted by Gasteiger charge is 2.66. The lowest BCUT2D eigenvalue weighted by Crippen LogP contribution is -2.63. The molecule has 7 nitrogen and oxygen atoms in total. The summed E-state index contributed by atoms with van der Waals surface area (Å²) in [6.45, 7) is 2.27. The lowest BCUT2D eigenvalue weighted by Gasteiger charge is -2.59. The van der Waals surface area contributed by atoms with E-state index in [1.165, 1.54) is 6.92 Å². The Balaban J connectivity index is 1.13. The van der Waals surface area contributed by atoms with Crippen molar-refractivity contribution in [2.45, 2.75) is 50.9 Å². The van der Waals surface area contributed by atoms with Crippen LogP contribution in [0.2, 0.25) is 0 Å². The molecule has 236 valence electrons. The van der Waals surface area contributed by atoms with Crippen molar-refractivity contribution in [3.05, 3.63) is 71.8 Å². The molecule has 0 radical (unpaired) electrons. The fraction of sp³-hybridized carbons (Fsp3) is 0.378. The zero-order chi connectivity index (χ0) is 32.0. The number of anilines is 2. The van der Waals surface area contributed by atoms with Gasteiger partial charge in [-0.2, -0.15) is 0 Å². The first-order valence-electron chi connectivity index (χ1n) is 15.9. The van der Waals surface area contributed by atoms with E-state index in [1.807, 2.05) is 64.4 Å². The number of carbonyl (C=O) groups is 3. The Kier molecular flexibility index (Phi) is 6.82. The van der Waals surface area contributed by atoms with Crippen LogP contribution in [-0.2, 0) is 14.4 Å². The molecule has 3 fully saturated rings. The minimum absolute atomic E-state index is 0.0117. The molecule has 46 heavy (non-hydrogen) atoms. The number of benzene rings is 4. The Morgan fingerprint density at radius 3 is 1.78 bits per heavy atom. The smallest absolute Gasteiger partial charge is 0.308 e. The first-order chi connectivity index (χ1) is 22.2. The first kappa shape index (κ1) is 29.6. The molecule has 9 heteroatoms. The number of nitrogens with zero attached hydrogens (tertiary/aromatic N) is 2. The van der Waals surface area contributed by atoms with Crippen molar-refractivity contribution >= 4 is 73.9 Å². The van der Waals surface area contributed by atoms with Crippen molar-refractivity contribution < 1.29 is 24.2 Å². The third-order valence-corrected chi connectivity index (χ3v) is 11.7. The highest BCUT2D eigenvalue weighted by Crippen LogP contribution is 2.66. The number of aromatic hydroxyl groups is 1. The number of phenols is 1. The van der Waals surface area contributed by atoms with Crippen LogP contribution in [0.5, 0.6) is 11.5 Å². The van der Waals surface area contributed by atoms with E-state index in [0.717, 1.165) is 63.3 Å². The topological polar surface area (TPSA) is 87.2 Å². The van der Waals surface area contributed by atoms with Gasteiger partial charge >= 0.3 is 5.97 Å². The lowest BCUT2D eigenvalue weighted by atomic mass is 9.44. The van der Waals surface area contributed by atoms with Crippen molar-refractivity contribution in [2.24, 2.45) is 10.8 Å². The van der Waals surface area contributed by atoms with E-state index in [-0.39, 0.29) is 29.4 Å². The van der Waals surface area contributed by atoms with Gasteiger partial charge < -0.3 is 19.6 Å². The van der Waals surface area contributed by atoms with E-state index in [1.54, 1.807) is 6.07 Å². The molecule has 4 aromatic rings. The number of halogens is 2. The van der Waals surface area contributed by atoms with E-state index >= 15 is 0 Å². The molecule has 0 spiro atoms. The van der Waals surface area contributed by atoms with Crippen molar-refractivity contribution in [1.29, 1.82) is 0 Å². The van der Waals surface area contributed by atoms with Crippen LogP contribution in [0.25, 0.3) is 21.5 Å². The highest BCUT2D eigenvalue weighted by molar-refractivity contribution is 6.20. The minimum atomic E-state index is -0.653. The third-order valence-electron chi connectivity index (χ3n) is 11.0. The molecular formula is C37H34Cl2N2O5. The number of rotatable bonds is 5. The van der Waals surface area contributed by atoms with Gasteiger partial charge in [-0.05, 0) is 47.6 Å². The van der Waals surface area contributed by atoms with Crippen LogP contribution in [0.15, 0.2) is 60.7 Å². The summed E-state index contributed by atoms with van der Waals surface area (Å²) in [4.78, 5) is 44.8. The standard InChI is InChI=1S/C37H34Cl2N2O5/c1-21(42)46-31-14-29-33(27-10-5-3-8-25(27)31)23(16-39)18-41(29)35(45)37-12-6-11-36(19-37,20-37)34(44)40-17-22(15-38)32-26-9-4-2-7-24(26)30(43)13-28(32)40/h2-5,7-10,13-14,22-23,43H,6,11-12,15-20H2,1H3/t22-,23-,36?,37?/m1/s1. The molecule has 2 atom stereocenters.